The minimum atomic E-state index is 0. The van der Waals surface area contributed by atoms with Crippen LogP contribution < -0.4 is 10.1 Å². The van der Waals surface area contributed by atoms with E-state index in [4.69, 9.17) is 4.74 Å². The molecule has 1 unspecified atom stereocenters. The number of hydrogen-bond acceptors (Lipinski definition) is 4. The first kappa shape index (κ1) is 23.0. The van der Waals surface area contributed by atoms with Crippen molar-refractivity contribution in [1.82, 2.24) is 15.2 Å². The van der Waals surface area contributed by atoms with Gasteiger partial charge in [-0.25, -0.2) is 0 Å². The maximum atomic E-state index is 12.3. The number of piperazine rings is 1. The van der Waals surface area contributed by atoms with Crippen LogP contribution in [0.25, 0.3) is 6.08 Å². The van der Waals surface area contributed by atoms with E-state index in [-0.39, 0.29) is 36.8 Å². The highest BCUT2D eigenvalue weighted by molar-refractivity contribution is 5.92. The maximum absolute atomic E-state index is 12.3. The summed E-state index contributed by atoms with van der Waals surface area (Å²) in [5, 5.41) is 3.29. The van der Waals surface area contributed by atoms with Gasteiger partial charge in [0, 0.05) is 37.9 Å². The maximum Gasteiger partial charge on any atom is 0.246 e. The number of carbonyl (C=O) groups excluding carboxylic acids is 1. The van der Waals surface area contributed by atoms with E-state index in [1.54, 1.807) is 12.3 Å². The van der Waals surface area contributed by atoms with Gasteiger partial charge < -0.3 is 15.0 Å². The molecule has 2 aromatic rings. The molecule has 1 aromatic heterocycles. The van der Waals surface area contributed by atoms with Gasteiger partial charge in [-0.05, 0) is 42.8 Å². The second-order valence-electron chi connectivity index (χ2n) is 6.10. The van der Waals surface area contributed by atoms with Gasteiger partial charge in [0.2, 0.25) is 5.91 Å². The normalized spacial score (nSPS) is 16.3. The molecule has 0 radical (unpaired) electrons. The third kappa shape index (κ3) is 6.86. The molecule has 0 aliphatic carbocycles. The highest BCUT2D eigenvalue weighted by atomic mass is 35.5. The second-order valence-corrected chi connectivity index (χ2v) is 6.10. The molecule has 1 aromatic carbocycles. The lowest BCUT2D eigenvalue weighted by molar-refractivity contribution is -0.128. The van der Waals surface area contributed by atoms with Gasteiger partial charge in [0.05, 0.1) is 5.69 Å². The van der Waals surface area contributed by atoms with E-state index in [0.29, 0.717) is 6.61 Å². The Kier molecular flexibility index (Phi) is 9.86. The van der Waals surface area contributed by atoms with Crippen molar-refractivity contribution >= 4 is 36.8 Å². The summed E-state index contributed by atoms with van der Waals surface area (Å²) >= 11 is 0. The first-order valence-corrected chi connectivity index (χ1v) is 8.54. The molecule has 7 heteroatoms. The van der Waals surface area contributed by atoms with Crippen molar-refractivity contribution in [1.29, 1.82) is 0 Å². The summed E-state index contributed by atoms with van der Waals surface area (Å²) in [5.74, 6) is 0.842. The molecule has 0 bridgehead atoms. The zero-order chi connectivity index (χ0) is 17.5. The molecule has 1 aliphatic heterocycles. The molecule has 3 rings (SSSR count). The van der Waals surface area contributed by atoms with Crippen molar-refractivity contribution in [2.24, 2.45) is 0 Å². The molecule has 1 aliphatic rings. The topological polar surface area (TPSA) is 54.5 Å². The number of aromatic nitrogens is 1. The molecule has 1 atom stereocenters. The molecule has 27 heavy (non-hydrogen) atoms. The van der Waals surface area contributed by atoms with E-state index in [9.17, 15) is 4.79 Å². The van der Waals surface area contributed by atoms with Crippen molar-refractivity contribution < 1.29 is 9.53 Å². The lowest BCUT2D eigenvalue weighted by Crippen LogP contribution is -2.51. The summed E-state index contributed by atoms with van der Waals surface area (Å²) < 4.78 is 5.71. The predicted octanol–water partition coefficient (Wildman–Crippen LogP) is 3.34. The zero-order valence-corrected chi connectivity index (χ0v) is 16.8. The summed E-state index contributed by atoms with van der Waals surface area (Å²) in [7, 11) is 0. The van der Waals surface area contributed by atoms with Gasteiger partial charge in [-0.2, -0.15) is 0 Å². The van der Waals surface area contributed by atoms with Crippen LogP contribution >= 0.6 is 24.8 Å². The van der Waals surface area contributed by atoms with Crippen LogP contribution in [0, 0.1) is 0 Å². The summed E-state index contributed by atoms with van der Waals surface area (Å²) in [6.45, 7) is 4.96. The standard InChI is InChI=1S/C20H23N3O2.2ClH/c1-16-14-21-12-13-23(16)20(24)10-7-17-5-8-19(9-6-17)25-15-18-4-2-3-11-22-18;;/h2-11,16,21H,12-15H2,1H3;2*1H. The van der Waals surface area contributed by atoms with Gasteiger partial charge in [0.1, 0.15) is 12.4 Å². The number of nitrogens with zero attached hydrogens (tertiary/aromatic N) is 2. The number of pyridine rings is 1. The first-order chi connectivity index (χ1) is 12.2. The van der Waals surface area contributed by atoms with Crippen molar-refractivity contribution in [3.8, 4) is 5.75 Å². The number of rotatable bonds is 5. The highest BCUT2D eigenvalue weighted by Crippen LogP contribution is 2.15. The molecular formula is C20H25Cl2N3O2. The molecule has 1 fully saturated rings. The van der Waals surface area contributed by atoms with E-state index < -0.39 is 0 Å². The molecule has 1 N–H and O–H groups in total. The number of halogens is 2. The molecular weight excluding hydrogens is 385 g/mol. The second kappa shape index (κ2) is 11.6. The SMILES string of the molecule is CC1CNCCN1C(=O)C=Cc1ccc(OCc2ccccn2)cc1.Cl.Cl. The van der Waals surface area contributed by atoms with E-state index in [1.807, 2.05) is 53.4 Å². The number of amides is 1. The minimum absolute atomic E-state index is 0. The van der Waals surface area contributed by atoms with Gasteiger partial charge in [-0.1, -0.05) is 18.2 Å². The number of benzene rings is 1. The lowest BCUT2D eigenvalue weighted by atomic mass is 10.2. The van der Waals surface area contributed by atoms with E-state index in [2.05, 4.69) is 17.2 Å². The Bertz CT molecular complexity index is 724. The fourth-order valence-corrected chi connectivity index (χ4v) is 2.75. The predicted molar refractivity (Wildman–Crippen MR) is 113 cm³/mol. The lowest BCUT2D eigenvalue weighted by Gasteiger charge is -2.33. The van der Waals surface area contributed by atoms with Crippen molar-refractivity contribution in [2.45, 2.75) is 19.6 Å². The Morgan fingerprint density at radius 2 is 2.04 bits per heavy atom. The minimum Gasteiger partial charge on any atom is -0.487 e. The monoisotopic (exact) mass is 409 g/mol. The van der Waals surface area contributed by atoms with Crippen LogP contribution in [0.5, 0.6) is 5.75 Å². The number of nitrogens with one attached hydrogen (secondary N) is 1. The largest absolute Gasteiger partial charge is 0.487 e. The molecule has 1 saturated heterocycles. The summed E-state index contributed by atoms with van der Waals surface area (Å²) in [6, 6.07) is 13.7. The van der Waals surface area contributed by atoms with Crippen LogP contribution in [-0.4, -0.2) is 41.5 Å². The zero-order valence-electron chi connectivity index (χ0n) is 15.2. The van der Waals surface area contributed by atoms with Crippen molar-refractivity contribution in [3.05, 3.63) is 66.0 Å². The third-order valence-corrected chi connectivity index (χ3v) is 4.20. The molecule has 2 heterocycles. The average molecular weight is 410 g/mol. The average Bonchev–Trinajstić information content (AvgIpc) is 2.66. The molecule has 0 spiro atoms. The smallest absolute Gasteiger partial charge is 0.246 e. The summed E-state index contributed by atoms with van der Waals surface area (Å²) in [4.78, 5) is 18.4. The van der Waals surface area contributed by atoms with Gasteiger partial charge in [-0.3, -0.25) is 9.78 Å². The van der Waals surface area contributed by atoms with Crippen LogP contribution in [0.15, 0.2) is 54.7 Å². The summed E-state index contributed by atoms with van der Waals surface area (Å²) in [6.07, 6.45) is 5.24. The highest BCUT2D eigenvalue weighted by Gasteiger charge is 2.20. The number of ether oxygens (including phenoxy) is 1. The number of hydrogen-bond donors (Lipinski definition) is 1. The Hall–Kier alpha value is -2.08. The Balaban J connectivity index is 0.00000182. The first-order valence-electron chi connectivity index (χ1n) is 8.54. The van der Waals surface area contributed by atoms with Crippen molar-refractivity contribution in [3.63, 3.8) is 0 Å². The Morgan fingerprint density at radius 3 is 2.70 bits per heavy atom. The fourth-order valence-electron chi connectivity index (χ4n) is 2.75. The van der Waals surface area contributed by atoms with Crippen molar-refractivity contribution in [2.75, 3.05) is 19.6 Å². The molecule has 5 nitrogen and oxygen atoms in total. The quantitative estimate of drug-likeness (QED) is 0.769. The van der Waals surface area contributed by atoms with Gasteiger partial charge >= 0.3 is 0 Å². The molecule has 146 valence electrons. The molecule has 1 amide bonds. The van der Waals surface area contributed by atoms with Gasteiger partial charge in [-0.15, -0.1) is 24.8 Å². The van der Waals surface area contributed by atoms with E-state index >= 15 is 0 Å². The van der Waals surface area contributed by atoms with E-state index in [1.165, 1.54) is 0 Å². The van der Waals surface area contributed by atoms with Gasteiger partial charge in [0.25, 0.3) is 0 Å². The molecule has 0 saturated carbocycles. The van der Waals surface area contributed by atoms with Crippen LogP contribution in [0.1, 0.15) is 18.2 Å². The summed E-state index contributed by atoms with van der Waals surface area (Å²) in [5.41, 5.74) is 1.86. The fraction of sp³-hybridized carbons (Fsp3) is 0.300. The Labute approximate surface area is 172 Å². The van der Waals surface area contributed by atoms with Crippen LogP contribution in [0.4, 0.5) is 0 Å². The van der Waals surface area contributed by atoms with Crippen LogP contribution in [0.2, 0.25) is 0 Å². The van der Waals surface area contributed by atoms with Crippen LogP contribution in [-0.2, 0) is 11.4 Å². The van der Waals surface area contributed by atoms with Crippen LogP contribution in [0.3, 0.4) is 0 Å². The van der Waals surface area contributed by atoms with Gasteiger partial charge in [0.15, 0.2) is 0 Å². The third-order valence-electron chi connectivity index (χ3n) is 4.20. The van der Waals surface area contributed by atoms with E-state index in [0.717, 1.165) is 36.6 Å². The Morgan fingerprint density at radius 1 is 1.26 bits per heavy atom. The number of carbonyl (C=O) groups is 1.